The first-order chi connectivity index (χ1) is 12.5. The molecule has 0 aromatic heterocycles. The zero-order valence-corrected chi connectivity index (χ0v) is 13.2. The molecule has 0 saturated carbocycles. The van der Waals surface area contributed by atoms with E-state index < -0.39 is 41.5 Å². The molecule has 12 heteroatoms. The molecule has 0 fully saturated rings. The van der Waals surface area contributed by atoms with Crippen molar-refractivity contribution in [2.24, 2.45) is 0 Å². The van der Waals surface area contributed by atoms with E-state index in [1.807, 2.05) is 0 Å². The van der Waals surface area contributed by atoms with Crippen LogP contribution in [-0.4, -0.2) is 35.0 Å². The number of fused-ring (bicyclic) bond motifs is 1. The Morgan fingerprint density at radius 1 is 0.607 bits per heavy atom. The minimum absolute atomic E-state index is 0.0885. The maximum absolute atomic E-state index is 14.0. The lowest BCUT2D eigenvalue weighted by molar-refractivity contribution is -0.429. The lowest BCUT2D eigenvalue weighted by atomic mass is 9.89. The van der Waals surface area contributed by atoms with Crippen molar-refractivity contribution >= 4 is 10.8 Å². The molecule has 0 aliphatic carbocycles. The monoisotopic (exact) mass is 426 g/mol. The average Bonchev–Trinajstić information content (AvgIpc) is 2.59. The highest BCUT2D eigenvalue weighted by Crippen LogP contribution is 2.59. The van der Waals surface area contributed by atoms with Gasteiger partial charge in [0.25, 0.3) is 0 Å². The Labute approximate surface area is 149 Å². The standard InChI is InChI=1S/C16H9F11O/c17-12(18,13(19,20)14(21,22)15(23,24)16(25,26)27)11(28)10-7-3-5-8-4-1-2-6-9(8)10/h1-7,11,28H. The predicted octanol–water partition coefficient (Wildman–Crippen LogP) is 5.98. The normalized spacial score (nSPS) is 15.7. The fourth-order valence-electron chi connectivity index (χ4n) is 2.44. The van der Waals surface area contributed by atoms with Crippen molar-refractivity contribution in [1.29, 1.82) is 0 Å². The van der Waals surface area contributed by atoms with Gasteiger partial charge in [0.2, 0.25) is 0 Å². The fourth-order valence-corrected chi connectivity index (χ4v) is 2.44. The molecule has 28 heavy (non-hydrogen) atoms. The molecule has 0 bridgehead atoms. The summed E-state index contributed by atoms with van der Waals surface area (Å²) in [5.41, 5.74) is -1.06. The summed E-state index contributed by atoms with van der Waals surface area (Å²) in [5.74, 6) is -28.7. The van der Waals surface area contributed by atoms with Gasteiger partial charge in [-0.25, -0.2) is 0 Å². The molecular formula is C16H9F11O. The molecule has 0 spiro atoms. The third-order valence-corrected chi connectivity index (χ3v) is 4.02. The van der Waals surface area contributed by atoms with Crippen LogP contribution < -0.4 is 0 Å². The van der Waals surface area contributed by atoms with E-state index in [2.05, 4.69) is 0 Å². The van der Waals surface area contributed by atoms with Crippen LogP contribution in [0.5, 0.6) is 0 Å². The summed E-state index contributed by atoms with van der Waals surface area (Å²) >= 11 is 0. The molecule has 2 aromatic carbocycles. The molecule has 1 unspecified atom stereocenters. The van der Waals surface area contributed by atoms with E-state index in [9.17, 15) is 53.4 Å². The Bertz CT molecular complexity index is 852. The number of rotatable bonds is 5. The molecule has 156 valence electrons. The summed E-state index contributed by atoms with van der Waals surface area (Å²) in [6.07, 6.45) is -11.1. The Hall–Kier alpha value is -2.11. The molecule has 1 nitrogen and oxygen atoms in total. The Balaban J connectivity index is 2.60. The third-order valence-electron chi connectivity index (χ3n) is 4.02. The number of alkyl halides is 11. The van der Waals surface area contributed by atoms with Crippen molar-refractivity contribution in [3.63, 3.8) is 0 Å². The molecule has 0 aliphatic rings. The van der Waals surface area contributed by atoms with Crippen molar-refractivity contribution in [1.82, 2.24) is 0 Å². The van der Waals surface area contributed by atoms with Gasteiger partial charge < -0.3 is 5.11 Å². The van der Waals surface area contributed by atoms with Crippen LogP contribution in [0, 0.1) is 0 Å². The van der Waals surface area contributed by atoms with Gasteiger partial charge in [-0.2, -0.15) is 48.3 Å². The zero-order chi connectivity index (χ0) is 21.8. The predicted molar refractivity (Wildman–Crippen MR) is 74.8 cm³/mol. The van der Waals surface area contributed by atoms with Gasteiger partial charge in [0.05, 0.1) is 0 Å². The highest BCUT2D eigenvalue weighted by Gasteiger charge is 2.88. The molecular weight excluding hydrogens is 417 g/mol. The maximum Gasteiger partial charge on any atom is 0.460 e. The number of hydrogen-bond donors (Lipinski definition) is 1. The zero-order valence-electron chi connectivity index (χ0n) is 13.2. The van der Waals surface area contributed by atoms with Crippen molar-refractivity contribution in [2.45, 2.75) is 36.0 Å². The summed E-state index contributed by atoms with van der Waals surface area (Å²) < 4.78 is 144. The molecule has 0 heterocycles. The van der Waals surface area contributed by atoms with E-state index in [1.165, 1.54) is 24.3 Å². The quantitative estimate of drug-likeness (QED) is 0.584. The van der Waals surface area contributed by atoms with Crippen LogP contribution in [0.25, 0.3) is 10.8 Å². The lowest BCUT2D eigenvalue weighted by Gasteiger charge is -2.39. The van der Waals surface area contributed by atoms with Crippen LogP contribution in [0.15, 0.2) is 42.5 Å². The van der Waals surface area contributed by atoms with Crippen LogP contribution in [0.3, 0.4) is 0 Å². The molecule has 0 aliphatic heterocycles. The van der Waals surface area contributed by atoms with Gasteiger partial charge in [0.15, 0.2) is 0 Å². The van der Waals surface area contributed by atoms with Gasteiger partial charge in [0, 0.05) is 0 Å². The molecule has 0 amide bonds. The number of hydrogen-bond acceptors (Lipinski definition) is 1. The van der Waals surface area contributed by atoms with Gasteiger partial charge in [0.1, 0.15) is 6.10 Å². The van der Waals surface area contributed by atoms with E-state index in [1.54, 1.807) is 0 Å². The van der Waals surface area contributed by atoms with Gasteiger partial charge in [-0.15, -0.1) is 0 Å². The summed E-state index contributed by atoms with van der Waals surface area (Å²) in [5, 5.41) is 9.39. The van der Waals surface area contributed by atoms with E-state index in [0.717, 1.165) is 12.1 Å². The van der Waals surface area contributed by atoms with Crippen molar-refractivity contribution < 1.29 is 53.4 Å². The summed E-state index contributed by atoms with van der Waals surface area (Å²) in [6, 6.07) is 7.76. The van der Waals surface area contributed by atoms with E-state index in [4.69, 9.17) is 0 Å². The summed E-state index contributed by atoms with van der Waals surface area (Å²) in [7, 11) is 0. The van der Waals surface area contributed by atoms with Gasteiger partial charge in [-0.3, -0.25) is 0 Å². The second-order valence-electron chi connectivity index (χ2n) is 5.81. The number of aliphatic hydroxyl groups is 1. The van der Waals surface area contributed by atoms with E-state index in [-0.39, 0.29) is 10.8 Å². The number of halogens is 11. The number of benzene rings is 2. The van der Waals surface area contributed by atoms with Crippen LogP contribution in [0.4, 0.5) is 48.3 Å². The third kappa shape index (κ3) is 2.97. The minimum Gasteiger partial charge on any atom is -0.382 e. The molecule has 2 aromatic rings. The van der Waals surface area contributed by atoms with Crippen LogP contribution in [-0.2, 0) is 0 Å². The Kier molecular flexibility index (Phi) is 5.12. The minimum atomic E-state index is -7.56. The van der Waals surface area contributed by atoms with E-state index in [0.29, 0.717) is 6.07 Å². The second-order valence-corrected chi connectivity index (χ2v) is 5.81. The lowest BCUT2D eigenvalue weighted by Crippen LogP contribution is -2.67. The topological polar surface area (TPSA) is 20.2 Å². The first kappa shape index (κ1) is 22.2. The molecule has 0 radical (unpaired) electrons. The SMILES string of the molecule is OC(c1cccc2ccccc12)C(F)(F)C(F)(F)C(F)(F)C(F)(F)C(F)(F)F. The first-order valence-electron chi connectivity index (χ1n) is 7.24. The summed E-state index contributed by atoms with van der Waals surface area (Å²) in [4.78, 5) is 0. The van der Waals surface area contributed by atoms with Crippen LogP contribution >= 0.6 is 0 Å². The van der Waals surface area contributed by atoms with Gasteiger partial charge >= 0.3 is 29.9 Å². The van der Waals surface area contributed by atoms with Gasteiger partial charge in [-0.1, -0.05) is 42.5 Å². The smallest absolute Gasteiger partial charge is 0.382 e. The number of aliphatic hydroxyl groups excluding tert-OH is 1. The molecule has 1 atom stereocenters. The average molecular weight is 426 g/mol. The van der Waals surface area contributed by atoms with Crippen molar-refractivity contribution in [2.75, 3.05) is 0 Å². The van der Waals surface area contributed by atoms with Crippen LogP contribution in [0.2, 0.25) is 0 Å². The highest BCUT2D eigenvalue weighted by molar-refractivity contribution is 5.86. The Morgan fingerprint density at radius 2 is 1.11 bits per heavy atom. The largest absolute Gasteiger partial charge is 0.460 e. The second kappa shape index (κ2) is 6.46. The van der Waals surface area contributed by atoms with Gasteiger partial charge in [-0.05, 0) is 16.3 Å². The molecule has 2 rings (SSSR count). The van der Waals surface area contributed by atoms with E-state index >= 15 is 0 Å². The highest BCUT2D eigenvalue weighted by atomic mass is 19.4. The Morgan fingerprint density at radius 3 is 1.64 bits per heavy atom. The fraction of sp³-hybridized carbons (Fsp3) is 0.375. The maximum atomic E-state index is 14.0. The van der Waals surface area contributed by atoms with Crippen LogP contribution in [0.1, 0.15) is 11.7 Å². The molecule has 0 saturated heterocycles. The summed E-state index contributed by atoms with van der Waals surface area (Å²) in [6.45, 7) is 0. The van der Waals surface area contributed by atoms with Crippen molar-refractivity contribution in [3.05, 3.63) is 48.0 Å². The molecule has 1 N–H and O–H groups in total. The first-order valence-corrected chi connectivity index (χ1v) is 7.24. The van der Waals surface area contributed by atoms with Crippen molar-refractivity contribution in [3.8, 4) is 0 Å².